The fourth-order valence-electron chi connectivity index (χ4n) is 3.43. The lowest BCUT2D eigenvalue weighted by Gasteiger charge is -2.17. The van der Waals surface area contributed by atoms with Gasteiger partial charge in [-0.2, -0.15) is 0 Å². The number of amides is 5. The molecule has 2 heterocycles. The maximum absolute atomic E-state index is 12.7. The number of hydrogen-bond acceptors (Lipinski definition) is 5. The van der Waals surface area contributed by atoms with Crippen LogP contribution in [0.3, 0.4) is 0 Å². The molecule has 5 amide bonds. The lowest BCUT2D eigenvalue weighted by atomic mass is 10.1. The van der Waals surface area contributed by atoms with Gasteiger partial charge in [0.25, 0.3) is 11.8 Å². The third-order valence-electron chi connectivity index (χ3n) is 4.77. The Morgan fingerprint density at radius 2 is 1.68 bits per heavy atom. The van der Waals surface area contributed by atoms with E-state index in [4.69, 9.17) is 5.73 Å². The van der Waals surface area contributed by atoms with E-state index in [2.05, 4.69) is 10.6 Å². The summed E-state index contributed by atoms with van der Waals surface area (Å²) in [5, 5.41) is 7.16. The number of nitrogens with one attached hydrogen (secondary N) is 2. The summed E-state index contributed by atoms with van der Waals surface area (Å²) in [6.07, 6.45) is -0.0271. The highest BCUT2D eigenvalue weighted by molar-refractivity contribution is 7.10. The highest BCUT2D eigenvalue weighted by atomic mass is 32.1. The van der Waals surface area contributed by atoms with Gasteiger partial charge in [-0.3, -0.25) is 14.4 Å². The Balaban J connectivity index is 1.50. The van der Waals surface area contributed by atoms with Crippen molar-refractivity contribution < 1.29 is 19.2 Å². The summed E-state index contributed by atoms with van der Waals surface area (Å²) in [6, 6.07) is 15.4. The SMILES string of the molecule is NC(=O)NC(CC(=O)Nc1cccc(N2C(=O)c3ccccc3C2=O)c1)c1cccs1. The molecule has 3 aromatic rings. The largest absolute Gasteiger partial charge is 0.352 e. The maximum atomic E-state index is 12.7. The van der Waals surface area contributed by atoms with Crippen molar-refractivity contribution in [3.05, 3.63) is 82.0 Å². The second kappa shape index (κ2) is 8.41. The Morgan fingerprint density at radius 3 is 2.29 bits per heavy atom. The van der Waals surface area contributed by atoms with Crippen LogP contribution in [0.4, 0.5) is 16.2 Å². The molecule has 0 aliphatic carbocycles. The van der Waals surface area contributed by atoms with Crippen LogP contribution in [0.1, 0.15) is 38.1 Å². The number of urea groups is 1. The standard InChI is InChI=1S/C22H18N4O4S/c23-22(30)25-17(18-9-4-10-31-18)12-19(27)24-13-5-3-6-14(11-13)26-20(28)15-7-1-2-8-16(15)21(26)29/h1-11,17H,12H2,(H,24,27)(H3,23,25,30). The van der Waals surface area contributed by atoms with E-state index in [1.807, 2.05) is 11.4 Å². The van der Waals surface area contributed by atoms with Gasteiger partial charge >= 0.3 is 6.03 Å². The number of hydrogen-bond donors (Lipinski definition) is 3. The van der Waals surface area contributed by atoms with Crippen LogP contribution >= 0.6 is 11.3 Å². The fraction of sp³-hybridized carbons (Fsp3) is 0.0909. The third kappa shape index (κ3) is 4.17. The molecule has 8 nitrogen and oxygen atoms in total. The molecule has 0 spiro atoms. The second-order valence-corrected chi connectivity index (χ2v) is 7.85. The van der Waals surface area contributed by atoms with Gasteiger partial charge in [-0.15, -0.1) is 11.3 Å². The molecule has 2 aromatic carbocycles. The van der Waals surface area contributed by atoms with Gasteiger partial charge in [0, 0.05) is 10.6 Å². The normalized spacial score (nSPS) is 13.6. The Bertz CT molecular complexity index is 1140. The van der Waals surface area contributed by atoms with Crippen LogP contribution in [0.25, 0.3) is 0 Å². The molecule has 0 saturated heterocycles. The van der Waals surface area contributed by atoms with Crippen LogP contribution in [0, 0.1) is 0 Å². The lowest BCUT2D eigenvalue weighted by Crippen LogP contribution is -2.34. The molecule has 1 aliphatic heterocycles. The molecule has 1 aromatic heterocycles. The first-order valence-corrected chi connectivity index (χ1v) is 10.3. The summed E-state index contributed by atoms with van der Waals surface area (Å²) in [5.74, 6) is -1.17. The average molecular weight is 434 g/mol. The van der Waals surface area contributed by atoms with Crippen LogP contribution in [-0.2, 0) is 4.79 Å². The van der Waals surface area contributed by atoms with Gasteiger partial charge in [-0.1, -0.05) is 24.3 Å². The number of nitrogens with two attached hydrogens (primary N) is 1. The van der Waals surface area contributed by atoms with E-state index in [1.165, 1.54) is 11.3 Å². The van der Waals surface area contributed by atoms with Crippen molar-refractivity contribution in [2.45, 2.75) is 12.5 Å². The number of nitrogens with zero attached hydrogens (tertiary/aromatic N) is 1. The van der Waals surface area contributed by atoms with Crippen molar-refractivity contribution in [2.24, 2.45) is 5.73 Å². The van der Waals surface area contributed by atoms with Crippen molar-refractivity contribution in [1.82, 2.24) is 5.32 Å². The van der Waals surface area contributed by atoms with Gasteiger partial charge in [0.1, 0.15) is 0 Å². The van der Waals surface area contributed by atoms with Crippen molar-refractivity contribution in [1.29, 1.82) is 0 Å². The van der Waals surface area contributed by atoms with Crippen LogP contribution in [0.2, 0.25) is 0 Å². The lowest BCUT2D eigenvalue weighted by molar-refractivity contribution is -0.116. The zero-order chi connectivity index (χ0) is 22.0. The first-order valence-electron chi connectivity index (χ1n) is 9.41. The van der Waals surface area contributed by atoms with E-state index >= 15 is 0 Å². The maximum Gasteiger partial charge on any atom is 0.312 e. The van der Waals surface area contributed by atoms with Gasteiger partial charge < -0.3 is 16.4 Å². The zero-order valence-corrected chi connectivity index (χ0v) is 17.0. The summed E-state index contributed by atoms with van der Waals surface area (Å²) in [7, 11) is 0. The summed E-state index contributed by atoms with van der Waals surface area (Å²) < 4.78 is 0. The molecular formula is C22H18N4O4S. The number of primary amides is 1. The minimum Gasteiger partial charge on any atom is -0.352 e. The number of benzene rings is 2. The Labute approximate surface area is 181 Å². The fourth-order valence-corrected chi connectivity index (χ4v) is 4.21. The molecule has 9 heteroatoms. The van der Waals surface area contributed by atoms with E-state index in [1.54, 1.807) is 54.6 Å². The summed E-state index contributed by atoms with van der Waals surface area (Å²) >= 11 is 1.40. The summed E-state index contributed by atoms with van der Waals surface area (Å²) in [6.45, 7) is 0. The Hall–Kier alpha value is -3.98. The van der Waals surface area contributed by atoms with Crippen molar-refractivity contribution >= 4 is 46.5 Å². The van der Waals surface area contributed by atoms with Gasteiger partial charge in [0.2, 0.25) is 5.91 Å². The van der Waals surface area contributed by atoms with Gasteiger partial charge in [-0.25, -0.2) is 9.69 Å². The topological polar surface area (TPSA) is 122 Å². The minimum absolute atomic E-state index is 0.0271. The van der Waals surface area contributed by atoms with Gasteiger partial charge in [0.15, 0.2) is 0 Å². The minimum atomic E-state index is -0.723. The van der Waals surface area contributed by atoms with E-state index < -0.39 is 23.9 Å². The molecular weight excluding hydrogens is 416 g/mol. The number of anilines is 2. The molecule has 156 valence electrons. The molecule has 1 aliphatic rings. The first-order chi connectivity index (χ1) is 14.9. The van der Waals surface area contributed by atoms with Crippen molar-refractivity contribution in [3.8, 4) is 0 Å². The summed E-state index contributed by atoms with van der Waals surface area (Å²) in [5.41, 5.74) is 6.70. The molecule has 0 fully saturated rings. The molecule has 31 heavy (non-hydrogen) atoms. The van der Waals surface area contributed by atoms with E-state index in [0.717, 1.165) is 9.78 Å². The van der Waals surface area contributed by atoms with E-state index in [9.17, 15) is 19.2 Å². The number of rotatable bonds is 6. The highest BCUT2D eigenvalue weighted by Gasteiger charge is 2.36. The Morgan fingerprint density at radius 1 is 0.968 bits per heavy atom. The van der Waals surface area contributed by atoms with E-state index in [0.29, 0.717) is 22.5 Å². The predicted molar refractivity (Wildman–Crippen MR) is 117 cm³/mol. The quantitative estimate of drug-likeness (QED) is 0.515. The zero-order valence-electron chi connectivity index (χ0n) is 16.2. The van der Waals surface area contributed by atoms with Gasteiger partial charge in [0.05, 0.1) is 29.3 Å². The van der Waals surface area contributed by atoms with E-state index in [-0.39, 0.29) is 12.3 Å². The number of thiophene rings is 1. The average Bonchev–Trinajstić information content (AvgIpc) is 3.35. The number of carbonyl (C=O) groups excluding carboxylic acids is 4. The molecule has 0 saturated carbocycles. The van der Waals surface area contributed by atoms with Crippen LogP contribution in [0.15, 0.2) is 66.0 Å². The van der Waals surface area contributed by atoms with Gasteiger partial charge in [-0.05, 0) is 41.8 Å². The number of fused-ring (bicyclic) bond motifs is 1. The molecule has 1 atom stereocenters. The first kappa shape index (κ1) is 20.3. The van der Waals surface area contributed by atoms with Crippen LogP contribution in [-0.4, -0.2) is 23.8 Å². The molecule has 1 unspecified atom stereocenters. The predicted octanol–water partition coefficient (Wildman–Crippen LogP) is 3.29. The third-order valence-corrected chi connectivity index (χ3v) is 5.76. The molecule has 4 rings (SSSR count). The van der Waals surface area contributed by atoms with Crippen LogP contribution in [0.5, 0.6) is 0 Å². The smallest absolute Gasteiger partial charge is 0.312 e. The molecule has 4 N–H and O–H groups in total. The monoisotopic (exact) mass is 434 g/mol. The van der Waals surface area contributed by atoms with Crippen molar-refractivity contribution in [3.63, 3.8) is 0 Å². The number of carbonyl (C=O) groups is 4. The second-order valence-electron chi connectivity index (χ2n) is 6.87. The number of imide groups is 1. The van der Waals surface area contributed by atoms with Crippen molar-refractivity contribution in [2.75, 3.05) is 10.2 Å². The molecule has 0 bridgehead atoms. The highest BCUT2D eigenvalue weighted by Crippen LogP contribution is 2.30. The Kier molecular flexibility index (Phi) is 5.50. The van der Waals surface area contributed by atoms with Crippen LogP contribution < -0.4 is 21.3 Å². The molecule has 0 radical (unpaired) electrons. The summed E-state index contributed by atoms with van der Waals surface area (Å²) in [4.78, 5) is 51.2.